The second kappa shape index (κ2) is 9.42. The number of carbonyl (C=O) groups is 1. The van der Waals surface area contributed by atoms with E-state index in [1.165, 1.54) is 0 Å². The van der Waals surface area contributed by atoms with Crippen LogP contribution in [0.2, 0.25) is 6.04 Å². The minimum atomic E-state index is -2.55. The fourth-order valence-electron chi connectivity index (χ4n) is 1.72. The van der Waals surface area contributed by atoms with Gasteiger partial charge in [-0.25, -0.2) is 0 Å². The standard InChI is InChI=1S/C10H24N2O5Si/c1-15-18(16-2,17-3)8-4-6-12(7-5-11)9-10(13)14/h4-9,11H2,1-3H3,(H,13,14). The van der Waals surface area contributed by atoms with Gasteiger partial charge in [-0.1, -0.05) is 0 Å². The third-order valence-corrected chi connectivity index (χ3v) is 5.53. The van der Waals surface area contributed by atoms with E-state index in [4.69, 9.17) is 24.1 Å². The summed E-state index contributed by atoms with van der Waals surface area (Å²) in [7, 11) is 2.14. The number of nitrogens with two attached hydrogens (primary N) is 1. The fraction of sp³-hybridized carbons (Fsp3) is 0.900. The summed E-state index contributed by atoms with van der Waals surface area (Å²) < 4.78 is 15.9. The molecule has 7 nitrogen and oxygen atoms in total. The fourth-order valence-corrected chi connectivity index (χ4v) is 3.42. The van der Waals surface area contributed by atoms with Crippen LogP contribution in [0.4, 0.5) is 0 Å². The first-order valence-electron chi connectivity index (χ1n) is 5.83. The molecule has 0 spiro atoms. The first-order chi connectivity index (χ1) is 8.53. The maximum atomic E-state index is 10.7. The highest BCUT2D eigenvalue weighted by atomic mass is 28.4. The van der Waals surface area contributed by atoms with Gasteiger partial charge in [-0.05, 0) is 13.0 Å². The zero-order valence-corrected chi connectivity index (χ0v) is 12.3. The lowest BCUT2D eigenvalue weighted by atomic mass is 10.4. The molecule has 0 bridgehead atoms. The van der Waals surface area contributed by atoms with Crippen LogP contribution in [-0.2, 0) is 18.1 Å². The Morgan fingerprint density at radius 2 is 1.78 bits per heavy atom. The number of hydrogen-bond acceptors (Lipinski definition) is 6. The summed E-state index contributed by atoms with van der Waals surface area (Å²) in [6, 6.07) is 0.650. The van der Waals surface area contributed by atoms with Crippen LogP contribution in [0.25, 0.3) is 0 Å². The molecule has 0 fully saturated rings. The molecule has 0 aliphatic rings. The van der Waals surface area contributed by atoms with Crippen LogP contribution in [0.3, 0.4) is 0 Å². The van der Waals surface area contributed by atoms with Gasteiger partial charge in [-0.2, -0.15) is 0 Å². The molecular formula is C10H24N2O5Si. The molecule has 0 aliphatic carbocycles. The van der Waals surface area contributed by atoms with Gasteiger partial charge in [-0.3, -0.25) is 9.69 Å². The van der Waals surface area contributed by atoms with E-state index < -0.39 is 14.8 Å². The van der Waals surface area contributed by atoms with Crippen molar-refractivity contribution in [1.82, 2.24) is 4.90 Å². The Morgan fingerprint density at radius 3 is 2.17 bits per heavy atom. The molecule has 0 atom stereocenters. The SMILES string of the molecule is CO[Si](CCCN(CCN)CC(=O)O)(OC)OC. The van der Waals surface area contributed by atoms with Gasteiger partial charge in [0, 0.05) is 40.5 Å². The van der Waals surface area contributed by atoms with Crippen molar-refractivity contribution in [1.29, 1.82) is 0 Å². The van der Waals surface area contributed by atoms with E-state index in [0.717, 1.165) is 6.42 Å². The van der Waals surface area contributed by atoms with Gasteiger partial charge < -0.3 is 24.1 Å². The predicted molar refractivity (Wildman–Crippen MR) is 69.3 cm³/mol. The third-order valence-electron chi connectivity index (χ3n) is 2.69. The Morgan fingerprint density at radius 1 is 1.22 bits per heavy atom. The minimum absolute atomic E-state index is 0.00129. The predicted octanol–water partition coefficient (Wildman–Crippen LogP) is -0.400. The van der Waals surface area contributed by atoms with Crippen molar-refractivity contribution in [3.63, 3.8) is 0 Å². The van der Waals surface area contributed by atoms with Crippen LogP contribution in [-0.4, -0.2) is 72.3 Å². The van der Waals surface area contributed by atoms with Crippen molar-refractivity contribution in [2.45, 2.75) is 12.5 Å². The van der Waals surface area contributed by atoms with E-state index in [1.807, 2.05) is 0 Å². The number of rotatable bonds is 11. The van der Waals surface area contributed by atoms with Crippen molar-refractivity contribution in [3.8, 4) is 0 Å². The monoisotopic (exact) mass is 280 g/mol. The van der Waals surface area contributed by atoms with Crippen molar-refractivity contribution >= 4 is 14.8 Å². The molecule has 0 heterocycles. The summed E-state index contributed by atoms with van der Waals surface area (Å²) in [4.78, 5) is 12.5. The van der Waals surface area contributed by atoms with Gasteiger partial charge in [-0.15, -0.1) is 0 Å². The molecule has 0 saturated carbocycles. The van der Waals surface area contributed by atoms with Crippen LogP contribution >= 0.6 is 0 Å². The lowest BCUT2D eigenvalue weighted by Crippen LogP contribution is -2.43. The lowest BCUT2D eigenvalue weighted by molar-refractivity contribution is -0.138. The second-order valence-corrected chi connectivity index (χ2v) is 6.95. The average molecular weight is 280 g/mol. The maximum absolute atomic E-state index is 10.7. The normalized spacial score (nSPS) is 12.1. The summed E-state index contributed by atoms with van der Waals surface area (Å²) >= 11 is 0. The Bertz CT molecular complexity index is 230. The highest BCUT2D eigenvalue weighted by molar-refractivity contribution is 6.60. The van der Waals surface area contributed by atoms with Crippen LogP contribution in [0.15, 0.2) is 0 Å². The van der Waals surface area contributed by atoms with E-state index in [0.29, 0.717) is 25.7 Å². The van der Waals surface area contributed by atoms with Crippen molar-refractivity contribution in [2.24, 2.45) is 5.73 Å². The minimum Gasteiger partial charge on any atom is -0.480 e. The number of carboxylic acid groups (broad SMARTS) is 1. The Balaban J connectivity index is 4.14. The molecule has 0 amide bonds. The number of aliphatic carboxylic acids is 1. The summed E-state index contributed by atoms with van der Waals surface area (Å²) in [6.45, 7) is 1.63. The zero-order valence-electron chi connectivity index (χ0n) is 11.3. The van der Waals surface area contributed by atoms with Gasteiger partial charge in [0.2, 0.25) is 0 Å². The molecule has 3 N–H and O–H groups in total. The van der Waals surface area contributed by atoms with E-state index in [2.05, 4.69) is 0 Å². The summed E-state index contributed by atoms with van der Waals surface area (Å²) in [5, 5.41) is 8.76. The van der Waals surface area contributed by atoms with Gasteiger partial charge in [0.15, 0.2) is 0 Å². The van der Waals surface area contributed by atoms with Crippen LogP contribution in [0, 0.1) is 0 Å². The number of hydrogen-bond donors (Lipinski definition) is 2. The Kier molecular flexibility index (Phi) is 9.15. The number of carboxylic acids is 1. The van der Waals surface area contributed by atoms with E-state index in [9.17, 15) is 4.79 Å². The molecule has 0 rings (SSSR count). The molecule has 108 valence electrons. The van der Waals surface area contributed by atoms with Gasteiger partial charge >= 0.3 is 14.8 Å². The Labute approximate surface area is 109 Å². The Hall–Kier alpha value is -0.513. The molecule has 0 saturated heterocycles. The van der Waals surface area contributed by atoms with Gasteiger partial charge in [0.25, 0.3) is 0 Å². The molecule has 0 aromatic heterocycles. The van der Waals surface area contributed by atoms with E-state index in [-0.39, 0.29) is 6.54 Å². The molecule has 8 heteroatoms. The summed E-state index contributed by atoms with van der Waals surface area (Å²) in [5.41, 5.74) is 5.44. The molecular weight excluding hydrogens is 256 g/mol. The van der Waals surface area contributed by atoms with Crippen molar-refractivity contribution < 1.29 is 23.2 Å². The maximum Gasteiger partial charge on any atom is 0.500 e. The third kappa shape index (κ3) is 6.43. The zero-order chi connectivity index (χ0) is 14.0. The van der Waals surface area contributed by atoms with Crippen LogP contribution < -0.4 is 5.73 Å². The molecule has 18 heavy (non-hydrogen) atoms. The van der Waals surface area contributed by atoms with Crippen LogP contribution in [0.5, 0.6) is 0 Å². The average Bonchev–Trinajstić information content (AvgIpc) is 2.35. The molecule has 0 aliphatic heterocycles. The summed E-state index contributed by atoms with van der Waals surface area (Å²) in [5.74, 6) is -0.850. The topological polar surface area (TPSA) is 94.3 Å². The van der Waals surface area contributed by atoms with E-state index >= 15 is 0 Å². The van der Waals surface area contributed by atoms with Gasteiger partial charge in [0.05, 0.1) is 6.54 Å². The molecule has 0 aromatic rings. The van der Waals surface area contributed by atoms with Crippen molar-refractivity contribution in [3.05, 3.63) is 0 Å². The molecule has 0 aromatic carbocycles. The molecule has 0 radical (unpaired) electrons. The second-order valence-electron chi connectivity index (χ2n) is 3.86. The number of nitrogens with zero attached hydrogens (tertiary/aromatic N) is 1. The first kappa shape index (κ1) is 17.5. The van der Waals surface area contributed by atoms with Gasteiger partial charge in [0.1, 0.15) is 0 Å². The smallest absolute Gasteiger partial charge is 0.480 e. The van der Waals surface area contributed by atoms with Crippen LogP contribution in [0.1, 0.15) is 6.42 Å². The molecule has 0 unspecified atom stereocenters. The first-order valence-corrected chi connectivity index (χ1v) is 7.76. The largest absolute Gasteiger partial charge is 0.500 e. The summed E-state index contributed by atoms with van der Waals surface area (Å²) in [6.07, 6.45) is 0.745. The quantitative estimate of drug-likeness (QED) is 0.497. The highest BCUT2D eigenvalue weighted by Gasteiger charge is 2.37. The lowest BCUT2D eigenvalue weighted by Gasteiger charge is -2.26. The highest BCUT2D eigenvalue weighted by Crippen LogP contribution is 2.15. The van der Waals surface area contributed by atoms with E-state index in [1.54, 1.807) is 26.2 Å². The van der Waals surface area contributed by atoms with Crippen molar-refractivity contribution in [2.75, 3.05) is 47.5 Å².